The van der Waals surface area contributed by atoms with Gasteiger partial charge in [-0.2, -0.15) is 4.98 Å². The second kappa shape index (κ2) is 6.18. The smallest absolute Gasteiger partial charge is 0.339 e. The highest BCUT2D eigenvalue weighted by molar-refractivity contribution is 6.33. The molecule has 116 valence electrons. The van der Waals surface area contributed by atoms with E-state index in [0.29, 0.717) is 28.0 Å². The minimum atomic E-state index is -0.432. The summed E-state index contributed by atoms with van der Waals surface area (Å²) >= 11 is 6.33. The van der Waals surface area contributed by atoms with Crippen molar-refractivity contribution in [2.75, 3.05) is 7.11 Å². The fourth-order valence-electron chi connectivity index (χ4n) is 2.07. The molecule has 0 bridgehead atoms. The normalized spacial score (nSPS) is 10.6. The molecule has 6 nitrogen and oxygen atoms in total. The van der Waals surface area contributed by atoms with Crippen molar-refractivity contribution >= 4 is 17.6 Å². The van der Waals surface area contributed by atoms with Crippen molar-refractivity contribution in [3.8, 4) is 22.6 Å². The number of esters is 1. The van der Waals surface area contributed by atoms with Crippen molar-refractivity contribution in [1.82, 2.24) is 15.1 Å². The zero-order valence-electron chi connectivity index (χ0n) is 12.4. The number of aryl methyl sites for hydroxylation is 1. The zero-order chi connectivity index (χ0) is 16.4. The number of ether oxygens (including phenoxy) is 1. The topological polar surface area (TPSA) is 78.1 Å². The van der Waals surface area contributed by atoms with Crippen LogP contribution in [0.15, 0.2) is 41.1 Å². The van der Waals surface area contributed by atoms with Crippen molar-refractivity contribution in [3.63, 3.8) is 0 Å². The van der Waals surface area contributed by atoms with Crippen LogP contribution in [0.2, 0.25) is 5.02 Å². The lowest BCUT2D eigenvalue weighted by Crippen LogP contribution is -2.01. The Kier molecular flexibility index (Phi) is 4.08. The fraction of sp³-hybridized carbons (Fsp3) is 0.125. The first-order valence-corrected chi connectivity index (χ1v) is 7.11. The molecule has 2 heterocycles. The van der Waals surface area contributed by atoms with Crippen LogP contribution in [0.1, 0.15) is 16.2 Å². The number of halogens is 1. The van der Waals surface area contributed by atoms with Gasteiger partial charge in [0, 0.05) is 24.2 Å². The molecule has 0 N–H and O–H groups in total. The van der Waals surface area contributed by atoms with Crippen LogP contribution in [0.4, 0.5) is 0 Å². The summed E-state index contributed by atoms with van der Waals surface area (Å²) in [5.41, 5.74) is 2.53. The molecule has 0 amide bonds. The molecule has 23 heavy (non-hydrogen) atoms. The summed E-state index contributed by atoms with van der Waals surface area (Å²) in [6, 6.07) is 8.76. The predicted octanol–water partition coefficient (Wildman–Crippen LogP) is 3.55. The summed E-state index contributed by atoms with van der Waals surface area (Å²) in [4.78, 5) is 19.8. The Bertz CT molecular complexity index is 859. The third-order valence-electron chi connectivity index (χ3n) is 3.22. The first-order valence-electron chi connectivity index (χ1n) is 6.73. The maximum atomic E-state index is 11.4. The summed E-state index contributed by atoms with van der Waals surface area (Å²) in [6.07, 6.45) is 1.45. The first kappa shape index (κ1) is 15.2. The molecule has 7 heteroatoms. The minimum absolute atomic E-state index is 0.381. The van der Waals surface area contributed by atoms with Gasteiger partial charge in [-0.3, -0.25) is 4.98 Å². The molecule has 0 aliphatic rings. The summed E-state index contributed by atoms with van der Waals surface area (Å²) in [5.74, 6) is 0.531. The number of hydrogen-bond donors (Lipinski definition) is 0. The van der Waals surface area contributed by atoms with Gasteiger partial charge in [-0.25, -0.2) is 4.79 Å². The number of rotatable bonds is 3. The largest absolute Gasteiger partial charge is 0.465 e. The van der Waals surface area contributed by atoms with E-state index in [0.717, 1.165) is 11.1 Å². The fourth-order valence-corrected chi connectivity index (χ4v) is 2.35. The van der Waals surface area contributed by atoms with Gasteiger partial charge in [-0.15, -0.1) is 0 Å². The van der Waals surface area contributed by atoms with Crippen LogP contribution in [0, 0.1) is 6.92 Å². The minimum Gasteiger partial charge on any atom is -0.465 e. The van der Waals surface area contributed by atoms with E-state index in [1.165, 1.54) is 13.3 Å². The monoisotopic (exact) mass is 329 g/mol. The second-order valence-electron chi connectivity index (χ2n) is 4.76. The number of nitrogens with zero attached hydrogens (tertiary/aromatic N) is 3. The maximum absolute atomic E-state index is 11.4. The van der Waals surface area contributed by atoms with E-state index in [9.17, 15) is 4.79 Å². The summed E-state index contributed by atoms with van der Waals surface area (Å²) in [5, 5.41) is 4.36. The molecule has 0 saturated heterocycles. The number of pyridine rings is 1. The summed E-state index contributed by atoms with van der Waals surface area (Å²) < 4.78 is 9.60. The molecule has 2 aromatic heterocycles. The molecule has 1 aromatic carbocycles. The van der Waals surface area contributed by atoms with E-state index in [-0.39, 0.29) is 0 Å². The third kappa shape index (κ3) is 3.07. The van der Waals surface area contributed by atoms with E-state index in [2.05, 4.69) is 19.9 Å². The Hall–Kier alpha value is -2.73. The number of methoxy groups -OCH3 is 1. The maximum Gasteiger partial charge on any atom is 0.339 e. The van der Waals surface area contributed by atoms with Crippen LogP contribution in [-0.2, 0) is 4.74 Å². The molecule has 3 aromatic rings. The van der Waals surface area contributed by atoms with Crippen LogP contribution < -0.4 is 0 Å². The lowest BCUT2D eigenvalue weighted by atomic mass is 10.1. The van der Waals surface area contributed by atoms with Gasteiger partial charge in [0.15, 0.2) is 0 Å². The van der Waals surface area contributed by atoms with E-state index < -0.39 is 5.97 Å². The number of carbonyl (C=O) groups excluding carboxylic acids is 1. The molecule has 0 aliphatic carbocycles. The van der Waals surface area contributed by atoms with Gasteiger partial charge in [-0.05, 0) is 18.2 Å². The lowest BCUT2D eigenvalue weighted by molar-refractivity contribution is 0.0600. The van der Waals surface area contributed by atoms with Gasteiger partial charge in [0.2, 0.25) is 11.7 Å². The van der Waals surface area contributed by atoms with Gasteiger partial charge in [0.1, 0.15) is 0 Å². The SMILES string of the molecule is COC(=O)c1ccc(-c2ccc(-c3noc(C)n3)cc2Cl)nc1. The van der Waals surface area contributed by atoms with Crippen LogP contribution >= 0.6 is 11.6 Å². The van der Waals surface area contributed by atoms with Crippen molar-refractivity contribution < 1.29 is 14.1 Å². The van der Waals surface area contributed by atoms with Gasteiger partial charge < -0.3 is 9.26 Å². The molecule has 0 aliphatic heterocycles. The second-order valence-corrected chi connectivity index (χ2v) is 5.16. The van der Waals surface area contributed by atoms with Crippen LogP contribution in [0.3, 0.4) is 0 Å². The molecular weight excluding hydrogens is 318 g/mol. The summed E-state index contributed by atoms with van der Waals surface area (Å²) in [6.45, 7) is 1.72. The summed E-state index contributed by atoms with van der Waals surface area (Å²) in [7, 11) is 1.32. The molecule has 0 spiro atoms. The van der Waals surface area contributed by atoms with Crippen molar-refractivity contribution in [1.29, 1.82) is 0 Å². The third-order valence-corrected chi connectivity index (χ3v) is 3.53. The molecule has 0 radical (unpaired) electrons. The molecule has 0 atom stereocenters. The highest BCUT2D eigenvalue weighted by atomic mass is 35.5. The molecule has 0 fully saturated rings. The van der Waals surface area contributed by atoms with E-state index in [4.69, 9.17) is 16.1 Å². The predicted molar refractivity (Wildman–Crippen MR) is 84.1 cm³/mol. The molecule has 3 rings (SSSR count). The molecular formula is C16H12ClN3O3. The number of hydrogen-bond acceptors (Lipinski definition) is 6. The highest BCUT2D eigenvalue weighted by Crippen LogP contribution is 2.30. The average Bonchev–Trinajstić information content (AvgIpc) is 3.01. The lowest BCUT2D eigenvalue weighted by Gasteiger charge is -2.06. The van der Waals surface area contributed by atoms with Crippen LogP contribution in [-0.4, -0.2) is 28.2 Å². The Morgan fingerprint density at radius 2 is 2.09 bits per heavy atom. The number of benzene rings is 1. The van der Waals surface area contributed by atoms with E-state index in [1.54, 1.807) is 25.1 Å². The molecule has 0 saturated carbocycles. The zero-order valence-corrected chi connectivity index (χ0v) is 13.2. The Morgan fingerprint density at radius 3 is 2.65 bits per heavy atom. The van der Waals surface area contributed by atoms with Crippen LogP contribution in [0.25, 0.3) is 22.6 Å². The van der Waals surface area contributed by atoms with Gasteiger partial charge in [0.05, 0.1) is 23.4 Å². The van der Waals surface area contributed by atoms with E-state index >= 15 is 0 Å². The van der Waals surface area contributed by atoms with Crippen molar-refractivity contribution in [3.05, 3.63) is 53.0 Å². The number of carbonyl (C=O) groups is 1. The van der Waals surface area contributed by atoms with Gasteiger partial charge >= 0.3 is 5.97 Å². The number of aromatic nitrogens is 3. The van der Waals surface area contributed by atoms with Gasteiger partial charge in [0.25, 0.3) is 0 Å². The Balaban J connectivity index is 1.93. The van der Waals surface area contributed by atoms with Crippen LogP contribution in [0.5, 0.6) is 0 Å². The van der Waals surface area contributed by atoms with Gasteiger partial charge in [-0.1, -0.05) is 28.9 Å². The highest BCUT2D eigenvalue weighted by Gasteiger charge is 2.12. The Labute approximate surface area is 137 Å². The first-order chi connectivity index (χ1) is 11.1. The molecule has 0 unspecified atom stereocenters. The Morgan fingerprint density at radius 1 is 1.26 bits per heavy atom. The van der Waals surface area contributed by atoms with Crippen molar-refractivity contribution in [2.24, 2.45) is 0 Å². The van der Waals surface area contributed by atoms with Crippen molar-refractivity contribution in [2.45, 2.75) is 6.92 Å². The average molecular weight is 330 g/mol. The standard InChI is InChI=1S/C16H12ClN3O3/c1-9-19-15(20-23-9)10-3-5-12(13(17)7-10)14-6-4-11(8-18-14)16(21)22-2/h3-8H,1-2H3. The van der Waals surface area contributed by atoms with E-state index in [1.807, 2.05) is 12.1 Å². The quantitative estimate of drug-likeness (QED) is 0.684.